The molecule has 0 aliphatic heterocycles. The number of nitrogens with one attached hydrogen (secondary N) is 1. The largest absolute Gasteiger partial charge is 0.377 e. The summed E-state index contributed by atoms with van der Waals surface area (Å²) in [6.45, 7) is 0.376. The van der Waals surface area contributed by atoms with Gasteiger partial charge in [-0.1, -0.05) is 12.1 Å². The predicted octanol–water partition coefficient (Wildman–Crippen LogP) is 2.71. The van der Waals surface area contributed by atoms with E-state index in [0.29, 0.717) is 6.54 Å². The van der Waals surface area contributed by atoms with Crippen LogP contribution in [0.5, 0.6) is 0 Å². The fourth-order valence-electron chi connectivity index (χ4n) is 1.54. The molecule has 3 nitrogen and oxygen atoms in total. The number of rotatable bonds is 4. The number of aromatic nitrogens is 1. The molecule has 1 aromatic carbocycles. The summed E-state index contributed by atoms with van der Waals surface area (Å²) in [5.74, 6) is -1.72. The number of halogens is 2. The van der Waals surface area contributed by atoms with E-state index < -0.39 is 22.7 Å². The van der Waals surface area contributed by atoms with Crippen LogP contribution in [0, 0.1) is 11.9 Å². The zero-order chi connectivity index (χ0) is 13.8. The number of benzene rings is 1. The number of pyridine rings is 1. The number of hydrogen-bond acceptors (Lipinski definition) is 3. The van der Waals surface area contributed by atoms with Crippen LogP contribution >= 0.6 is 0 Å². The molecule has 0 saturated carbocycles. The van der Waals surface area contributed by atoms with Gasteiger partial charge in [-0.05, 0) is 29.8 Å². The topological polar surface area (TPSA) is 42.0 Å². The van der Waals surface area contributed by atoms with Gasteiger partial charge in [0.15, 0.2) is 0 Å². The Morgan fingerprint density at radius 1 is 1.16 bits per heavy atom. The molecule has 100 valence electrons. The van der Waals surface area contributed by atoms with Crippen LogP contribution in [0.2, 0.25) is 0 Å². The minimum Gasteiger partial charge on any atom is -0.377 e. The normalized spacial score (nSPS) is 12.2. The maximum absolute atomic E-state index is 13.3. The van der Waals surface area contributed by atoms with Crippen molar-refractivity contribution in [3.05, 3.63) is 53.9 Å². The Labute approximate surface area is 112 Å². The van der Waals surface area contributed by atoms with Gasteiger partial charge in [0.05, 0.1) is 5.69 Å². The minimum absolute atomic E-state index is 0.143. The van der Waals surface area contributed by atoms with Crippen molar-refractivity contribution < 1.29 is 13.0 Å². The zero-order valence-corrected chi connectivity index (χ0v) is 11.0. The summed E-state index contributed by atoms with van der Waals surface area (Å²) in [4.78, 5) is 3.82. The van der Waals surface area contributed by atoms with Gasteiger partial charge in [-0.2, -0.15) is 13.8 Å². The van der Waals surface area contributed by atoms with Crippen LogP contribution < -0.4 is 5.32 Å². The second-order valence-corrected chi connectivity index (χ2v) is 5.30. The summed E-state index contributed by atoms with van der Waals surface area (Å²) in [5.41, 5.74) is 1.04. The van der Waals surface area contributed by atoms with E-state index in [9.17, 15) is 13.0 Å². The van der Waals surface area contributed by atoms with Gasteiger partial charge in [0.25, 0.3) is 0 Å². The van der Waals surface area contributed by atoms with Crippen LogP contribution in [0.25, 0.3) is 0 Å². The average molecular weight is 282 g/mol. The molecule has 1 atom stereocenters. The maximum Gasteiger partial charge on any atom is 0.238 e. The van der Waals surface area contributed by atoms with Crippen LogP contribution in [0.3, 0.4) is 0 Å². The Morgan fingerprint density at radius 2 is 1.84 bits per heavy atom. The maximum atomic E-state index is 13.3. The monoisotopic (exact) mass is 282 g/mol. The van der Waals surface area contributed by atoms with Gasteiger partial charge in [-0.15, -0.1) is 0 Å². The number of anilines is 1. The molecule has 2 rings (SSSR count). The highest BCUT2D eigenvalue weighted by molar-refractivity contribution is 7.84. The van der Waals surface area contributed by atoms with E-state index in [1.54, 1.807) is 30.5 Å². The molecule has 0 aliphatic carbocycles. The lowest BCUT2D eigenvalue weighted by Crippen LogP contribution is -2.03. The van der Waals surface area contributed by atoms with Crippen LogP contribution in [0.4, 0.5) is 14.5 Å². The summed E-state index contributed by atoms with van der Waals surface area (Å²) in [6.07, 6.45) is 1.60. The number of nitrogens with zero attached hydrogens (tertiary/aromatic N) is 1. The van der Waals surface area contributed by atoms with E-state index in [1.807, 2.05) is 0 Å². The van der Waals surface area contributed by atoms with E-state index >= 15 is 0 Å². The highest BCUT2D eigenvalue weighted by Gasteiger charge is 2.05. The molecule has 0 aliphatic rings. The standard InChI is InChI=1S/C13H12F2N2OS/c1-19(18)10-4-2-9(3-5-10)8-16-11-6-7-12(14)17-13(11)15/h2-7,16H,8H2,1H3/t19-/m0/s1. The van der Waals surface area contributed by atoms with Gasteiger partial charge in [0.1, 0.15) is 0 Å². The van der Waals surface area contributed by atoms with Gasteiger partial charge in [-0.3, -0.25) is 4.21 Å². The first-order valence-electron chi connectivity index (χ1n) is 5.54. The molecule has 0 radical (unpaired) electrons. The van der Waals surface area contributed by atoms with E-state index in [-0.39, 0.29) is 5.69 Å². The van der Waals surface area contributed by atoms with Gasteiger partial charge in [-0.25, -0.2) is 0 Å². The lowest BCUT2D eigenvalue weighted by molar-refractivity contribution is 0.515. The van der Waals surface area contributed by atoms with Gasteiger partial charge in [0.2, 0.25) is 11.9 Å². The summed E-state index contributed by atoms with van der Waals surface area (Å²) >= 11 is 0. The Morgan fingerprint density at radius 3 is 2.42 bits per heavy atom. The molecule has 1 N–H and O–H groups in total. The van der Waals surface area contributed by atoms with Crippen molar-refractivity contribution in [2.24, 2.45) is 0 Å². The summed E-state index contributed by atoms with van der Waals surface area (Å²) in [6, 6.07) is 9.51. The van der Waals surface area contributed by atoms with Crippen molar-refractivity contribution in [1.82, 2.24) is 4.98 Å². The second-order valence-electron chi connectivity index (χ2n) is 3.92. The van der Waals surface area contributed by atoms with Crippen LogP contribution in [-0.4, -0.2) is 15.4 Å². The van der Waals surface area contributed by atoms with Crippen LogP contribution in [0.1, 0.15) is 5.56 Å². The predicted molar refractivity (Wildman–Crippen MR) is 70.3 cm³/mol. The zero-order valence-electron chi connectivity index (χ0n) is 10.2. The van der Waals surface area contributed by atoms with Gasteiger partial charge < -0.3 is 5.32 Å². The second kappa shape index (κ2) is 5.88. The molecule has 1 aromatic heterocycles. The molecule has 0 amide bonds. The van der Waals surface area contributed by atoms with Crippen molar-refractivity contribution in [2.75, 3.05) is 11.6 Å². The van der Waals surface area contributed by atoms with Crippen LogP contribution in [-0.2, 0) is 17.3 Å². The molecule has 2 aromatic rings. The van der Waals surface area contributed by atoms with Crippen molar-refractivity contribution in [3.63, 3.8) is 0 Å². The first-order valence-corrected chi connectivity index (χ1v) is 7.10. The van der Waals surface area contributed by atoms with E-state index in [1.165, 1.54) is 6.07 Å². The summed E-state index contributed by atoms with van der Waals surface area (Å²) in [5, 5.41) is 2.83. The van der Waals surface area contributed by atoms with Crippen molar-refractivity contribution in [3.8, 4) is 0 Å². The molecule has 19 heavy (non-hydrogen) atoms. The third kappa shape index (κ3) is 3.57. The summed E-state index contributed by atoms with van der Waals surface area (Å²) in [7, 11) is -1.02. The van der Waals surface area contributed by atoms with Crippen molar-refractivity contribution in [1.29, 1.82) is 0 Å². The average Bonchev–Trinajstić information content (AvgIpc) is 2.38. The molecule has 0 saturated heterocycles. The molecule has 0 unspecified atom stereocenters. The molecular formula is C13H12F2N2OS. The minimum atomic E-state index is -1.02. The lowest BCUT2D eigenvalue weighted by atomic mass is 10.2. The fraction of sp³-hybridized carbons (Fsp3) is 0.154. The van der Waals surface area contributed by atoms with E-state index in [0.717, 1.165) is 16.5 Å². The molecule has 1 heterocycles. The van der Waals surface area contributed by atoms with Crippen LogP contribution in [0.15, 0.2) is 41.3 Å². The third-order valence-corrected chi connectivity index (χ3v) is 3.49. The molecule has 0 spiro atoms. The van der Waals surface area contributed by atoms with Crippen molar-refractivity contribution >= 4 is 16.5 Å². The fourth-order valence-corrected chi connectivity index (χ4v) is 2.06. The van der Waals surface area contributed by atoms with E-state index in [2.05, 4.69) is 10.3 Å². The Bertz CT molecular complexity index is 602. The SMILES string of the molecule is C[S@](=O)c1ccc(CNc2ccc(F)nc2F)cc1. The summed E-state index contributed by atoms with van der Waals surface area (Å²) < 4.78 is 37.1. The van der Waals surface area contributed by atoms with E-state index in [4.69, 9.17) is 0 Å². The molecule has 0 fully saturated rings. The van der Waals surface area contributed by atoms with Gasteiger partial charge in [0, 0.05) is 28.5 Å². The molecular weight excluding hydrogens is 270 g/mol. The quantitative estimate of drug-likeness (QED) is 0.877. The lowest BCUT2D eigenvalue weighted by Gasteiger charge is -2.07. The molecule has 6 heteroatoms. The highest BCUT2D eigenvalue weighted by Crippen LogP contribution is 2.14. The number of hydrogen-bond donors (Lipinski definition) is 1. The first kappa shape index (κ1) is 13.6. The smallest absolute Gasteiger partial charge is 0.238 e. The van der Waals surface area contributed by atoms with Crippen molar-refractivity contribution in [2.45, 2.75) is 11.4 Å². The van der Waals surface area contributed by atoms with Gasteiger partial charge >= 0.3 is 0 Å². The Balaban J connectivity index is 2.04. The Kier molecular flexibility index (Phi) is 4.21. The first-order chi connectivity index (χ1) is 9.06. The highest BCUT2D eigenvalue weighted by atomic mass is 32.2. The third-order valence-electron chi connectivity index (χ3n) is 2.55. The molecule has 0 bridgehead atoms. The Hall–Kier alpha value is -1.82.